The Morgan fingerprint density at radius 3 is 2.72 bits per heavy atom. The molecule has 0 aliphatic heterocycles. The molecule has 0 aliphatic carbocycles. The lowest BCUT2D eigenvalue weighted by Gasteiger charge is -2.01. The number of aromatic nitrogens is 4. The topological polar surface area (TPSA) is 54.5 Å². The molecule has 1 aromatic carbocycles. The van der Waals surface area contributed by atoms with E-state index in [1.165, 1.54) is 6.07 Å². The lowest BCUT2D eigenvalue weighted by atomic mass is 10.2. The second-order valence-electron chi connectivity index (χ2n) is 3.59. The number of halogens is 3. The van der Waals surface area contributed by atoms with Gasteiger partial charge in [0.15, 0.2) is 22.6 Å². The van der Waals surface area contributed by atoms with Gasteiger partial charge in [-0.15, -0.1) is 0 Å². The van der Waals surface area contributed by atoms with Crippen LogP contribution in [0.5, 0.6) is 0 Å². The van der Waals surface area contributed by atoms with E-state index >= 15 is 0 Å². The summed E-state index contributed by atoms with van der Waals surface area (Å²) in [4.78, 5) is 8.16. The molecule has 0 spiro atoms. The van der Waals surface area contributed by atoms with E-state index in [4.69, 9.17) is 11.6 Å². The minimum absolute atomic E-state index is 0.154. The highest BCUT2D eigenvalue weighted by atomic mass is 35.5. The molecule has 90 valence electrons. The van der Waals surface area contributed by atoms with E-state index < -0.39 is 11.6 Å². The van der Waals surface area contributed by atoms with Crippen LogP contribution in [0.2, 0.25) is 5.15 Å². The molecule has 2 heterocycles. The van der Waals surface area contributed by atoms with Crippen molar-refractivity contribution in [2.75, 3.05) is 0 Å². The molecule has 0 fully saturated rings. The summed E-state index contributed by atoms with van der Waals surface area (Å²) >= 11 is 5.92. The van der Waals surface area contributed by atoms with Gasteiger partial charge in [0.05, 0.1) is 0 Å². The van der Waals surface area contributed by atoms with Crippen molar-refractivity contribution < 1.29 is 8.78 Å². The Labute approximate surface area is 105 Å². The monoisotopic (exact) mass is 266 g/mol. The van der Waals surface area contributed by atoms with Crippen LogP contribution in [0.4, 0.5) is 8.78 Å². The summed E-state index contributed by atoms with van der Waals surface area (Å²) in [5, 5.41) is 6.63. The van der Waals surface area contributed by atoms with Crippen LogP contribution in [0.1, 0.15) is 0 Å². The van der Waals surface area contributed by atoms with Crippen LogP contribution in [-0.2, 0) is 0 Å². The van der Waals surface area contributed by atoms with E-state index in [9.17, 15) is 8.78 Å². The molecule has 0 aliphatic rings. The normalized spacial score (nSPS) is 11.1. The maximum atomic E-state index is 13.1. The highest BCUT2D eigenvalue weighted by Gasteiger charge is 2.11. The molecule has 4 nitrogen and oxygen atoms in total. The van der Waals surface area contributed by atoms with E-state index in [1.807, 2.05) is 0 Å². The number of hydrogen-bond donors (Lipinski definition) is 1. The average molecular weight is 267 g/mol. The summed E-state index contributed by atoms with van der Waals surface area (Å²) in [7, 11) is 0. The number of rotatable bonds is 1. The number of H-pyrrole nitrogens is 1. The summed E-state index contributed by atoms with van der Waals surface area (Å²) in [5.74, 6) is -1.67. The lowest BCUT2D eigenvalue weighted by molar-refractivity contribution is 0.509. The number of fused-ring (bicyclic) bond motifs is 1. The zero-order valence-corrected chi connectivity index (χ0v) is 9.54. The van der Waals surface area contributed by atoms with Crippen molar-refractivity contribution in [3.63, 3.8) is 0 Å². The maximum Gasteiger partial charge on any atom is 0.161 e. The van der Waals surface area contributed by atoms with Crippen LogP contribution in [0.25, 0.3) is 22.4 Å². The third-order valence-electron chi connectivity index (χ3n) is 2.42. The Hall–Kier alpha value is -2.08. The number of nitrogens with zero attached hydrogens (tertiary/aromatic N) is 3. The van der Waals surface area contributed by atoms with E-state index in [0.29, 0.717) is 16.6 Å². The highest BCUT2D eigenvalue weighted by molar-refractivity contribution is 6.33. The molecule has 18 heavy (non-hydrogen) atoms. The van der Waals surface area contributed by atoms with Gasteiger partial charge in [0.25, 0.3) is 0 Å². The largest absolute Gasteiger partial charge is 0.283 e. The fourth-order valence-electron chi connectivity index (χ4n) is 1.57. The summed E-state index contributed by atoms with van der Waals surface area (Å²) in [6, 6.07) is 3.42. The molecule has 0 radical (unpaired) electrons. The fourth-order valence-corrected chi connectivity index (χ4v) is 1.79. The minimum Gasteiger partial charge on any atom is -0.283 e. The van der Waals surface area contributed by atoms with Gasteiger partial charge in [-0.25, -0.2) is 18.7 Å². The standard InChI is InChI=1S/C11H5ClF2N4/c12-10-9-8(4-15-18-9)16-11(17-10)5-1-2-6(13)7(14)3-5/h1-4H,(H,15,18). The zero-order valence-electron chi connectivity index (χ0n) is 8.78. The van der Waals surface area contributed by atoms with Crippen molar-refractivity contribution in [1.29, 1.82) is 0 Å². The second kappa shape index (κ2) is 3.99. The second-order valence-corrected chi connectivity index (χ2v) is 3.94. The number of aromatic amines is 1. The van der Waals surface area contributed by atoms with Crippen molar-refractivity contribution in [3.05, 3.63) is 41.2 Å². The van der Waals surface area contributed by atoms with Crippen LogP contribution in [0.3, 0.4) is 0 Å². The van der Waals surface area contributed by atoms with Gasteiger partial charge in [-0.2, -0.15) is 5.10 Å². The SMILES string of the molecule is Fc1ccc(-c2nc(Cl)c3n[nH]cc3n2)cc1F. The van der Waals surface area contributed by atoms with Crippen molar-refractivity contribution in [1.82, 2.24) is 20.2 Å². The number of hydrogen-bond acceptors (Lipinski definition) is 3. The Balaban J connectivity index is 2.21. The lowest BCUT2D eigenvalue weighted by Crippen LogP contribution is -1.92. The first-order chi connectivity index (χ1) is 8.65. The van der Waals surface area contributed by atoms with Gasteiger partial charge in [-0.1, -0.05) is 11.6 Å². The molecule has 3 rings (SSSR count). The maximum absolute atomic E-state index is 13.1. The fraction of sp³-hybridized carbons (Fsp3) is 0. The Kier molecular flexibility index (Phi) is 2.45. The van der Waals surface area contributed by atoms with E-state index in [0.717, 1.165) is 12.1 Å². The van der Waals surface area contributed by atoms with Gasteiger partial charge in [0.2, 0.25) is 0 Å². The molecule has 0 saturated heterocycles. The molecule has 1 N–H and O–H groups in total. The Bertz CT molecular complexity index is 741. The molecule has 0 unspecified atom stereocenters. The van der Waals surface area contributed by atoms with Gasteiger partial charge in [-0.05, 0) is 18.2 Å². The zero-order chi connectivity index (χ0) is 12.7. The average Bonchev–Trinajstić information content (AvgIpc) is 2.81. The summed E-state index contributed by atoms with van der Waals surface area (Å²) in [6.45, 7) is 0. The predicted molar refractivity (Wildman–Crippen MR) is 62.0 cm³/mol. The predicted octanol–water partition coefficient (Wildman–Crippen LogP) is 2.95. The van der Waals surface area contributed by atoms with Crippen molar-refractivity contribution >= 4 is 22.6 Å². The number of benzene rings is 1. The quantitative estimate of drug-likeness (QED) is 0.689. The first kappa shape index (κ1) is 11.0. The molecule has 0 saturated carbocycles. The molecule has 0 atom stereocenters. The summed E-state index contributed by atoms with van der Waals surface area (Å²) in [5.41, 5.74) is 1.29. The third kappa shape index (κ3) is 1.70. The van der Waals surface area contributed by atoms with Crippen LogP contribution in [0.15, 0.2) is 24.4 Å². The minimum atomic E-state index is -0.959. The van der Waals surface area contributed by atoms with Gasteiger partial charge in [0.1, 0.15) is 11.0 Å². The van der Waals surface area contributed by atoms with Crippen LogP contribution in [0, 0.1) is 11.6 Å². The Morgan fingerprint density at radius 2 is 1.94 bits per heavy atom. The van der Waals surface area contributed by atoms with Gasteiger partial charge in [-0.3, -0.25) is 5.10 Å². The molecule has 3 aromatic rings. The van der Waals surface area contributed by atoms with Crippen LogP contribution < -0.4 is 0 Å². The van der Waals surface area contributed by atoms with Gasteiger partial charge in [0, 0.05) is 11.8 Å². The van der Waals surface area contributed by atoms with Gasteiger partial charge >= 0.3 is 0 Å². The van der Waals surface area contributed by atoms with Crippen LogP contribution in [-0.4, -0.2) is 20.2 Å². The molecular weight excluding hydrogens is 262 g/mol. The molecular formula is C11H5ClF2N4. The van der Waals surface area contributed by atoms with Crippen LogP contribution >= 0.6 is 11.6 Å². The van der Waals surface area contributed by atoms with E-state index in [2.05, 4.69) is 20.2 Å². The van der Waals surface area contributed by atoms with E-state index in [-0.39, 0.29) is 11.0 Å². The van der Waals surface area contributed by atoms with Crippen molar-refractivity contribution in [2.24, 2.45) is 0 Å². The summed E-state index contributed by atoms with van der Waals surface area (Å²) < 4.78 is 26.0. The first-order valence-corrected chi connectivity index (χ1v) is 5.35. The molecule has 0 amide bonds. The third-order valence-corrected chi connectivity index (χ3v) is 2.69. The van der Waals surface area contributed by atoms with Crippen molar-refractivity contribution in [3.8, 4) is 11.4 Å². The summed E-state index contributed by atoms with van der Waals surface area (Å²) in [6.07, 6.45) is 1.55. The first-order valence-electron chi connectivity index (χ1n) is 4.97. The molecule has 7 heteroatoms. The number of nitrogens with one attached hydrogen (secondary N) is 1. The highest BCUT2D eigenvalue weighted by Crippen LogP contribution is 2.23. The van der Waals surface area contributed by atoms with Crippen molar-refractivity contribution in [2.45, 2.75) is 0 Å². The van der Waals surface area contributed by atoms with Gasteiger partial charge < -0.3 is 0 Å². The smallest absolute Gasteiger partial charge is 0.161 e. The Morgan fingerprint density at radius 1 is 1.11 bits per heavy atom. The molecule has 2 aromatic heterocycles. The molecule has 0 bridgehead atoms. The van der Waals surface area contributed by atoms with E-state index in [1.54, 1.807) is 6.20 Å².